The lowest BCUT2D eigenvalue weighted by Gasteiger charge is -2.32. The van der Waals surface area contributed by atoms with E-state index in [0.29, 0.717) is 6.54 Å². The summed E-state index contributed by atoms with van der Waals surface area (Å²) in [7, 11) is 2.10. The molecule has 1 aromatic rings. The lowest BCUT2D eigenvalue weighted by molar-refractivity contribution is -0.137. The summed E-state index contributed by atoms with van der Waals surface area (Å²) in [5.41, 5.74) is 0.271. The van der Waals surface area contributed by atoms with Crippen molar-refractivity contribution in [3.8, 4) is 0 Å². The Morgan fingerprint density at radius 1 is 1.09 bits per heavy atom. The predicted octanol–water partition coefficient (Wildman–Crippen LogP) is 2.27. The zero-order valence-electron chi connectivity index (χ0n) is 12.8. The zero-order valence-corrected chi connectivity index (χ0v) is 12.8. The van der Waals surface area contributed by atoms with Crippen LogP contribution in [0.25, 0.3) is 0 Å². The van der Waals surface area contributed by atoms with Gasteiger partial charge in [0, 0.05) is 39.4 Å². The average Bonchev–Trinajstić information content (AvgIpc) is 2.51. The zero-order chi connectivity index (χ0) is 16.6. The Balaban J connectivity index is 0.00000116. The van der Waals surface area contributed by atoms with Gasteiger partial charge >= 0.3 is 6.18 Å². The summed E-state index contributed by atoms with van der Waals surface area (Å²) in [5, 5.41) is 8.77. The van der Waals surface area contributed by atoms with Crippen LogP contribution < -0.4 is 5.32 Å². The van der Waals surface area contributed by atoms with Gasteiger partial charge in [-0.15, -0.1) is 0 Å². The number of benzene rings is 1. The Morgan fingerprint density at radius 2 is 1.64 bits per heavy atom. The van der Waals surface area contributed by atoms with Crippen LogP contribution >= 0.6 is 0 Å². The van der Waals surface area contributed by atoms with E-state index in [-0.39, 0.29) is 0 Å². The van der Waals surface area contributed by atoms with Crippen molar-refractivity contribution in [3.05, 3.63) is 35.4 Å². The lowest BCUT2D eigenvalue weighted by atomic mass is 10.1. The quantitative estimate of drug-likeness (QED) is 0.838. The van der Waals surface area contributed by atoms with Crippen molar-refractivity contribution < 1.29 is 13.2 Å². The molecule has 0 radical (unpaired) electrons. The first-order chi connectivity index (χ1) is 10.4. The number of nitrogens with one attached hydrogen (secondary N) is 2. The molecule has 1 heterocycles. The summed E-state index contributed by atoms with van der Waals surface area (Å²) in [6.07, 6.45) is -4.26. The van der Waals surface area contributed by atoms with Crippen LogP contribution in [0.1, 0.15) is 11.1 Å². The van der Waals surface area contributed by atoms with Crippen LogP contribution in [-0.2, 0) is 12.7 Å². The maximum Gasteiger partial charge on any atom is 0.416 e. The highest BCUT2D eigenvalue weighted by atomic mass is 19.4. The van der Waals surface area contributed by atoms with E-state index in [4.69, 9.17) is 5.41 Å². The second kappa shape index (κ2) is 8.87. The van der Waals surface area contributed by atoms with Crippen molar-refractivity contribution in [1.29, 1.82) is 5.41 Å². The minimum absolute atomic E-state index is 0.588. The smallest absolute Gasteiger partial charge is 0.317 e. The number of halogens is 3. The Labute approximate surface area is 129 Å². The molecule has 4 nitrogen and oxygen atoms in total. The Morgan fingerprint density at radius 3 is 2.14 bits per heavy atom. The van der Waals surface area contributed by atoms with Gasteiger partial charge in [0.05, 0.1) is 5.56 Å². The highest BCUT2D eigenvalue weighted by Crippen LogP contribution is 2.28. The van der Waals surface area contributed by atoms with Crippen LogP contribution in [0, 0.1) is 5.41 Å². The molecule has 0 unspecified atom stereocenters. The van der Waals surface area contributed by atoms with Crippen molar-refractivity contribution >= 4 is 6.72 Å². The molecule has 1 aliphatic heterocycles. The predicted molar refractivity (Wildman–Crippen MR) is 82.1 cm³/mol. The molecule has 0 spiro atoms. The third-order valence-electron chi connectivity index (χ3n) is 3.54. The fraction of sp³-hybridized carbons (Fsp3) is 0.533. The molecule has 2 rings (SSSR count). The number of nitrogens with zero attached hydrogens (tertiary/aromatic N) is 2. The van der Waals surface area contributed by atoms with E-state index in [0.717, 1.165) is 50.5 Å². The summed E-state index contributed by atoms with van der Waals surface area (Å²) < 4.78 is 37.3. The van der Waals surface area contributed by atoms with Gasteiger partial charge in [0.2, 0.25) is 0 Å². The molecule has 22 heavy (non-hydrogen) atoms. The summed E-state index contributed by atoms with van der Waals surface area (Å²) in [5.74, 6) is 0. The maximum atomic E-state index is 12.4. The Hall–Kier alpha value is -1.44. The van der Waals surface area contributed by atoms with Gasteiger partial charge in [-0.05, 0) is 31.5 Å². The molecule has 1 aliphatic rings. The second-order valence-corrected chi connectivity index (χ2v) is 5.20. The van der Waals surface area contributed by atoms with E-state index in [1.165, 1.54) is 12.1 Å². The molecule has 0 aromatic heterocycles. The minimum atomic E-state index is -4.26. The van der Waals surface area contributed by atoms with Crippen molar-refractivity contribution in [2.24, 2.45) is 0 Å². The number of hydrogen-bond donors (Lipinski definition) is 2. The van der Waals surface area contributed by atoms with Crippen LogP contribution in [0.4, 0.5) is 13.2 Å². The SMILES string of the molecule is C=N.CN1CCN(CNCc2ccc(C(F)(F)F)cc2)CC1. The molecule has 0 aliphatic carbocycles. The summed E-state index contributed by atoms with van der Waals surface area (Å²) in [6.45, 7) is 8.02. The monoisotopic (exact) mass is 316 g/mol. The fourth-order valence-electron chi connectivity index (χ4n) is 2.18. The van der Waals surface area contributed by atoms with Gasteiger partial charge in [-0.2, -0.15) is 13.2 Å². The molecule has 7 heteroatoms. The van der Waals surface area contributed by atoms with Crippen LogP contribution in [0.3, 0.4) is 0 Å². The van der Waals surface area contributed by atoms with E-state index in [1.807, 2.05) is 0 Å². The third-order valence-corrected chi connectivity index (χ3v) is 3.54. The highest BCUT2D eigenvalue weighted by Gasteiger charge is 2.29. The van der Waals surface area contributed by atoms with E-state index >= 15 is 0 Å². The topological polar surface area (TPSA) is 42.4 Å². The summed E-state index contributed by atoms with van der Waals surface area (Å²) >= 11 is 0. The molecule has 0 bridgehead atoms. The van der Waals surface area contributed by atoms with Crippen molar-refractivity contribution in [1.82, 2.24) is 15.1 Å². The van der Waals surface area contributed by atoms with Crippen LogP contribution in [-0.4, -0.2) is 56.4 Å². The maximum absolute atomic E-state index is 12.4. The Bertz CT molecular complexity index is 425. The second-order valence-electron chi connectivity index (χ2n) is 5.20. The average molecular weight is 316 g/mol. The van der Waals surface area contributed by atoms with Crippen molar-refractivity contribution in [2.45, 2.75) is 12.7 Å². The number of hydrogen-bond acceptors (Lipinski definition) is 4. The molecule has 2 N–H and O–H groups in total. The van der Waals surface area contributed by atoms with E-state index in [2.05, 4.69) is 28.9 Å². The van der Waals surface area contributed by atoms with E-state index in [9.17, 15) is 13.2 Å². The molecule has 1 aromatic carbocycles. The van der Waals surface area contributed by atoms with Crippen LogP contribution in [0.2, 0.25) is 0 Å². The van der Waals surface area contributed by atoms with E-state index < -0.39 is 11.7 Å². The molecular formula is C15H23F3N4. The minimum Gasteiger partial charge on any atom is -0.317 e. The fourth-order valence-corrected chi connectivity index (χ4v) is 2.18. The van der Waals surface area contributed by atoms with Crippen LogP contribution in [0.15, 0.2) is 24.3 Å². The molecule has 0 amide bonds. The first-order valence-electron chi connectivity index (χ1n) is 7.08. The standard InChI is InChI=1S/C14H20F3N3.CH3N/c1-19-6-8-20(9-7-19)11-18-10-12-2-4-13(5-3-12)14(15,16)17;1-2/h2-5,18H,6-11H2,1H3;2H,1H2. The molecule has 0 atom stereocenters. The van der Waals surface area contributed by atoms with Gasteiger partial charge < -0.3 is 15.6 Å². The van der Waals surface area contributed by atoms with Crippen LogP contribution in [0.5, 0.6) is 0 Å². The molecule has 1 saturated heterocycles. The largest absolute Gasteiger partial charge is 0.416 e. The van der Waals surface area contributed by atoms with Gasteiger partial charge in [0.1, 0.15) is 0 Å². The van der Waals surface area contributed by atoms with Gasteiger partial charge in [0.15, 0.2) is 0 Å². The van der Waals surface area contributed by atoms with E-state index in [1.54, 1.807) is 0 Å². The lowest BCUT2D eigenvalue weighted by Crippen LogP contribution is -2.47. The number of alkyl halides is 3. The normalized spacial score (nSPS) is 16.9. The Kier molecular flexibility index (Phi) is 7.50. The van der Waals surface area contributed by atoms with Gasteiger partial charge in [0.25, 0.3) is 0 Å². The molecule has 124 valence electrons. The van der Waals surface area contributed by atoms with Gasteiger partial charge in [-0.3, -0.25) is 4.90 Å². The number of piperazine rings is 1. The molecule has 1 fully saturated rings. The van der Waals surface area contributed by atoms with Gasteiger partial charge in [-0.1, -0.05) is 12.1 Å². The molecule has 0 saturated carbocycles. The molecular weight excluding hydrogens is 293 g/mol. The third kappa shape index (κ3) is 6.13. The summed E-state index contributed by atoms with van der Waals surface area (Å²) in [6, 6.07) is 5.32. The van der Waals surface area contributed by atoms with Gasteiger partial charge in [-0.25, -0.2) is 0 Å². The number of rotatable bonds is 4. The first-order valence-corrected chi connectivity index (χ1v) is 7.08. The summed E-state index contributed by atoms with van der Waals surface area (Å²) in [4.78, 5) is 4.59. The first kappa shape index (κ1) is 18.6. The highest BCUT2D eigenvalue weighted by molar-refractivity contribution is 5.24. The number of likely N-dealkylation sites (N-methyl/N-ethyl adjacent to an activating group) is 1. The van der Waals surface area contributed by atoms with Crippen molar-refractivity contribution in [3.63, 3.8) is 0 Å². The van der Waals surface area contributed by atoms with Crippen molar-refractivity contribution in [2.75, 3.05) is 39.9 Å².